The zero-order valence-electron chi connectivity index (χ0n) is 7.49. The second kappa shape index (κ2) is 3.95. The first-order chi connectivity index (χ1) is 5.29. The van der Waals surface area contributed by atoms with Gasteiger partial charge in [0.2, 0.25) is 0 Å². The Labute approximate surface area is 80.1 Å². The lowest BCUT2D eigenvalue weighted by atomic mass is 10.0. The normalized spacial score (nSPS) is 45.5. The van der Waals surface area contributed by atoms with E-state index in [1.807, 2.05) is 7.05 Å². The van der Waals surface area contributed by atoms with E-state index in [0.29, 0.717) is 0 Å². The van der Waals surface area contributed by atoms with Gasteiger partial charge in [0.1, 0.15) is 0 Å². The van der Waals surface area contributed by atoms with Gasteiger partial charge < -0.3 is 10.4 Å². The van der Waals surface area contributed by atoms with Crippen molar-refractivity contribution in [3.8, 4) is 0 Å². The third-order valence-corrected chi connectivity index (χ3v) is 3.40. The van der Waals surface area contributed by atoms with Crippen molar-refractivity contribution in [1.82, 2.24) is 5.32 Å². The van der Waals surface area contributed by atoms with E-state index in [0.717, 1.165) is 30.7 Å². The van der Waals surface area contributed by atoms with Gasteiger partial charge in [0.15, 0.2) is 0 Å². The molecular weight excluding hydrogens is 174 g/mol. The Morgan fingerprint density at radius 1 is 1.08 bits per heavy atom. The van der Waals surface area contributed by atoms with Crippen LogP contribution in [0.3, 0.4) is 0 Å². The fourth-order valence-corrected chi connectivity index (χ4v) is 2.82. The summed E-state index contributed by atoms with van der Waals surface area (Å²) >= 11 is 0. The van der Waals surface area contributed by atoms with E-state index in [4.69, 9.17) is 0 Å². The quantitative estimate of drug-likeness (QED) is 0.653. The van der Waals surface area contributed by atoms with Gasteiger partial charge in [0.25, 0.3) is 0 Å². The lowest BCUT2D eigenvalue weighted by Crippen LogP contribution is -2.22. The largest absolute Gasteiger partial charge is 0.393 e. The molecule has 2 rings (SSSR count). The number of fused-ring (bicyclic) bond motifs is 1. The Morgan fingerprint density at radius 3 is 2.00 bits per heavy atom. The number of hydrogen-bond acceptors (Lipinski definition) is 2. The van der Waals surface area contributed by atoms with Crippen LogP contribution in [-0.4, -0.2) is 24.3 Å². The van der Waals surface area contributed by atoms with Gasteiger partial charge in [0.05, 0.1) is 6.10 Å². The van der Waals surface area contributed by atoms with Crippen LogP contribution in [0.5, 0.6) is 0 Å². The predicted molar refractivity (Wildman–Crippen MR) is 51.6 cm³/mol. The Kier molecular flexibility index (Phi) is 3.38. The highest BCUT2D eigenvalue weighted by Crippen LogP contribution is 2.43. The first kappa shape index (κ1) is 10.3. The first-order valence-electron chi connectivity index (χ1n) is 4.65. The van der Waals surface area contributed by atoms with Gasteiger partial charge in [-0.15, -0.1) is 12.4 Å². The Hall–Kier alpha value is 0.210. The maximum absolute atomic E-state index is 9.37. The van der Waals surface area contributed by atoms with Crippen LogP contribution in [0.25, 0.3) is 0 Å². The topological polar surface area (TPSA) is 32.3 Å². The lowest BCUT2D eigenvalue weighted by molar-refractivity contribution is 0.170. The molecule has 2 fully saturated rings. The Balaban J connectivity index is 0.000000720. The molecule has 0 aromatic carbocycles. The van der Waals surface area contributed by atoms with E-state index in [9.17, 15) is 5.11 Å². The summed E-state index contributed by atoms with van der Waals surface area (Å²) in [6.45, 7) is 0. The molecule has 0 aliphatic heterocycles. The molecule has 2 N–H and O–H groups in total. The molecule has 3 heteroatoms. The summed E-state index contributed by atoms with van der Waals surface area (Å²) in [5.41, 5.74) is 0. The number of hydrogen-bond donors (Lipinski definition) is 2. The molecule has 0 aromatic rings. The van der Waals surface area contributed by atoms with E-state index in [1.165, 1.54) is 12.8 Å². The van der Waals surface area contributed by atoms with Crippen molar-refractivity contribution in [2.24, 2.45) is 11.8 Å². The van der Waals surface area contributed by atoms with Gasteiger partial charge >= 0.3 is 0 Å². The van der Waals surface area contributed by atoms with Crippen LogP contribution >= 0.6 is 12.4 Å². The van der Waals surface area contributed by atoms with Crippen molar-refractivity contribution in [2.45, 2.75) is 37.8 Å². The van der Waals surface area contributed by atoms with Crippen LogP contribution in [0.4, 0.5) is 0 Å². The Bertz CT molecular complexity index is 139. The molecule has 0 spiro atoms. The van der Waals surface area contributed by atoms with Crippen molar-refractivity contribution in [2.75, 3.05) is 7.05 Å². The number of halogens is 1. The van der Waals surface area contributed by atoms with Crippen molar-refractivity contribution < 1.29 is 5.11 Å². The lowest BCUT2D eigenvalue weighted by Gasteiger charge is -2.09. The minimum absolute atomic E-state index is 0. The number of aliphatic hydroxyl groups is 1. The molecule has 0 radical (unpaired) electrons. The summed E-state index contributed by atoms with van der Waals surface area (Å²) in [5.74, 6) is 1.64. The van der Waals surface area contributed by atoms with Crippen molar-refractivity contribution in [1.29, 1.82) is 0 Å². The van der Waals surface area contributed by atoms with E-state index < -0.39 is 0 Å². The van der Waals surface area contributed by atoms with Gasteiger partial charge in [-0.25, -0.2) is 0 Å². The molecular formula is C9H18ClNO. The molecule has 0 amide bonds. The summed E-state index contributed by atoms with van der Waals surface area (Å²) in [6, 6.07) is 0.734. The van der Waals surface area contributed by atoms with Gasteiger partial charge in [-0.05, 0) is 44.6 Å². The third-order valence-electron chi connectivity index (χ3n) is 3.40. The predicted octanol–water partition coefficient (Wildman–Crippen LogP) is 1.18. The zero-order valence-corrected chi connectivity index (χ0v) is 8.31. The smallest absolute Gasteiger partial charge is 0.0545 e. The summed E-state index contributed by atoms with van der Waals surface area (Å²) in [6.07, 6.45) is 4.71. The maximum Gasteiger partial charge on any atom is 0.0545 e. The van der Waals surface area contributed by atoms with Crippen molar-refractivity contribution in [3.63, 3.8) is 0 Å². The van der Waals surface area contributed by atoms with Gasteiger partial charge in [-0.3, -0.25) is 0 Å². The number of nitrogens with one attached hydrogen (secondary N) is 1. The highest BCUT2D eigenvalue weighted by molar-refractivity contribution is 5.85. The molecule has 72 valence electrons. The highest BCUT2D eigenvalue weighted by atomic mass is 35.5. The van der Waals surface area contributed by atoms with Gasteiger partial charge in [0, 0.05) is 6.04 Å². The van der Waals surface area contributed by atoms with E-state index in [-0.39, 0.29) is 18.5 Å². The monoisotopic (exact) mass is 191 g/mol. The average Bonchev–Trinajstić information content (AvgIpc) is 2.43. The Morgan fingerprint density at radius 2 is 1.58 bits per heavy atom. The second-order valence-corrected chi connectivity index (χ2v) is 4.10. The van der Waals surface area contributed by atoms with Crippen LogP contribution in [0.2, 0.25) is 0 Å². The summed E-state index contributed by atoms with van der Waals surface area (Å²) in [5, 5.41) is 12.7. The molecule has 4 atom stereocenters. The first-order valence-corrected chi connectivity index (χ1v) is 4.65. The molecule has 12 heavy (non-hydrogen) atoms. The van der Waals surface area contributed by atoms with Crippen LogP contribution in [-0.2, 0) is 0 Å². The molecule has 2 aliphatic carbocycles. The molecule has 0 bridgehead atoms. The SMILES string of the molecule is CNC1C[C@H]2CC(O)C[C@H]2C1.Cl. The fourth-order valence-electron chi connectivity index (χ4n) is 2.82. The fraction of sp³-hybridized carbons (Fsp3) is 1.00. The maximum atomic E-state index is 9.37. The average molecular weight is 192 g/mol. The molecule has 0 aromatic heterocycles. The third kappa shape index (κ3) is 1.76. The summed E-state index contributed by atoms with van der Waals surface area (Å²) in [7, 11) is 2.04. The zero-order chi connectivity index (χ0) is 7.84. The summed E-state index contributed by atoms with van der Waals surface area (Å²) < 4.78 is 0. The van der Waals surface area contributed by atoms with Crippen LogP contribution in [0, 0.1) is 11.8 Å². The highest BCUT2D eigenvalue weighted by Gasteiger charge is 2.40. The molecule has 0 saturated heterocycles. The minimum Gasteiger partial charge on any atom is -0.393 e. The standard InChI is InChI=1S/C9H17NO.ClH/c1-10-8-2-6-4-9(11)5-7(6)3-8;/h6-11H,2-5H2,1H3;1H/t6-,7+,8?,9?;. The van der Waals surface area contributed by atoms with Crippen LogP contribution in [0.15, 0.2) is 0 Å². The molecule has 2 nitrogen and oxygen atoms in total. The molecule has 2 saturated carbocycles. The van der Waals surface area contributed by atoms with Gasteiger partial charge in [-0.2, -0.15) is 0 Å². The van der Waals surface area contributed by atoms with E-state index in [1.54, 1.807) is 0 Å². The minimum atomic E-state index is 0. The number of aliphatic hydroxyl groups excluding tert-OH is 1. The number of rotatable bonds is 1. The summed E-state index contributed by atoms with van der Waals surface area (Å²) in [4.78, 5) is 0. The molecule has 2 unspecified atom stereocenters. The van der Waals surface area contributed by atoms with Crippen LogP contribution in [0.1, 0.15) is 25.7 Å². The van der Waals surface area contributed by atoms with Crippen molar-refractivity contribution >= 4 is 12.4 Å². The molecule has 2 aliphatic rings. The van der Waals surface area contributed by atoms with E-state index in [2.05, 4.69) is 5.32 Å². The van der Waals surface area contributed by atoms with Crippen LogP contribution < -0.4 is 5.32 Å². The van der Waals surface area contributed by atoms with E-state index >= 15 is 0 Å². The van der Waals surface area contributed by atoms with Gasteiger partial charge in [-0.1, -0.05) is 0 Å². The second-order valence-electron chi connectivity index (χ2n) is 4.10. The van der Waals surface area contributed by atoms with Crippen molar-refractivity contribution in [3.05, 3.63) is 0 Å². The molecule has 0 heterocycles.